The lowest BCUT2D eigenvalue weighted by molar-refractivity contribution is -0.132. The molecule has 3 rings (SSSR count). The van der Waals surface area contributed by atoms with Gasteiger partial charge in [-0.05, 0) is 42.3 Å². The third-order valence-corrected chi connectivity index (χ3v) is 5.27. The fraction of sp³-hybridized carbons (Fsp3) is 0.286. The van der Waals surface area contributed by atoms with Gasteiger partial charge in [0.15, 0.2) is 0 Å². The number of ether oxygens (including phenoxy) is 2. The third-order valence-electron chi connectivity index (χ3n) is 4.78. The van der Waals surface area contributed by atoms with E-state index in [1.54, 1.807) is 23.1 Å². The number of benzene rings is 2. The summed E-state index contributed by atoms with van der Waals surface area (Å²) in [6, 6.07) is 12.4. The molecule has 1 unspecified atom stereocenters. The maximum Gasteiger partial charge on any atom is 0.341 e. The van der Waals surface area contributed by atoms with Gasteiger partial charge in [0.25, 0.3) is 0 Å². The first-order valence-electron chi connectivity index (χ1n) is 9.04. The smallest absolute Gasteiger partial charge is 0.341 e. The van der Waals surface area contributed by atoms with E-state index in [1.807, 2.05) is 24.3 Å². The number of hydrogen-bond donors (Lipinski definition) is 1. The molecule has 152 valence electrons. The number of nitrogens with one attached hydrogen (secondary N) is 1. The molecule has 0 bridgehead atoms. The first kappa shape index (κ1) is 20.9. The van der Waals surface area contributed by atoms with Crippen LogP contribution in [0, 0.1) is 5.92 Å². The third kappa shape index (κ3) is 4.59. The molecule has 1 saturated heterocycles. The van der Waals surface area contributed by atoms with Gasteiger partial charge >= 0.3 is 5.97 Å². The van der Waals surface area contributed by atoms with Crippen LogP contribution in [0.25, 0.3) is 0 Å². The largest absolute Gasteiger partial charge is 0.496 e. The number of hydrogen-bond acceptors (Lipinski definition) is 5. The molecule has 1 aliphatic heterocycles. The monoisotopic (exact) mass is 460 g/mol. The Bertz CT molecular complexity index is 946. The van der Waals surface area contributed by atoms with Crippen LogP contribution in [0.2, 0.25) is 0 Å². The highest BCUT2D eigenvalue weighted by molar-refractivity contribution is 9.10. The fourth-order valence-electron chi connectivity index (χ4n) is 3.27. The molecular weight excluding hydrogens is 440 g/mol. The van der Waals surface area contributed by atoms with E-state index < -0.39 is 11.9 Å². The maximum atomic E-state index is 12.7. The van der Waals surface area contributed by atoms with Crippen LogP contribution in [-0.4, -0.2) is 38.5 Å². The van der Waals surface area contributed by atoms with Crippen LogP contribution in [0.15, 0.2) is 46.9 Å². The van der Waals surface area contributed by atoms with Gasteiger partial charge in [0.2, 0.25) is 11.8 Å². The first-order valence-corrected chi connectivity index (χ1v) is 9.83. The van der Waals surface area contributed by atoms with Crippen LogP contribution in [0.4, 0.5) is 5.69 Å². The van der Waals surface area contributed by atoms with Crippen molar-refractivity contribution in [2.75, 3.05) is 25.7 Å². The van der Waals surface area contributed by atoms with Crippen molar-refractivity contribution in [2.24, 2.45) is 5.92 Å². The molecule has 2 aromatic carbocycles. The van der Waals surface area contributed by atoms with Crippen molar-refractivity contribution in [1.82, 2.24) is 5.32 Å². The summed E-state index contributed by atoms with van der Waals surface area (Å²) in [6.07, 6.45) is 0.452. The van der Waals surface area contributed by atoms with E-state index in [2.05, 4.69) is 21.2 Å². The highest BCUT2D eigenvalue weighted by Crippen LogP contribution is 2.27. The zero-order chi connectivity index (χ0) is 21.0. The van der Waals surface area contributed by atoms with Crippen molar-refractivity contribution in [1.29, 1.82) is 0 Å². The summed E-state index contributed by atoms with van der Waals surface area (Å²) < 4.78 is 10.8. The Labute approximate surface area is 177 Å². The molecule has 2 aromatic rings. The molecule has 0 saturated carbocycles. The molecule has 0 radical (unpaired) electrons. The Hall–Kier alpha value is -2.87. The second kappa shape index (κ2) is 9.09. The van der Waals surface area contributed by atoms with Crippen molar-refractivity contribution in [3.8, 4) is 5.75 Å². The summed E-state index contributed by atoms with van der Waals surface area (Å²) in [7, 11) is 2.75. The van der Waals surface area contributed by atoms with Crippen molar-refractivity contribution in [3.63, 3.8) is 0 Å². The van der Waals surface area contributed by atoms with Crippen LogP contribution in [0.3, 0.4) is 0 Å². The summed E-state index contributed by atoms with van der Waals surface area (Å²) in [5.41, 5.74) is 1.74. The number of esters is 1. The SMILES string of the molecule is COC(=O)c1cc(CNC(=O)C2CCN(c3cccc(Br)c3)C2=O)ccc1OC. The van der Waals surface area contributed by atoms with Gasteiger partial charge in [0, 0.05) is 23.2 Å². The quantitative estimate of drug-likeness (QED) is 0.529. The van der Waals surface area contributed by atoms with E-state index in [1.165, 1.54) is 14.2 Å². The van der Waals surface area contributed by atoms with Crippen molar-refractivity contribution < 1.29 is 23.9 Å². The summed E-state index contributed by atoms with van der Waals surface area (Å²) in [5.74, 6) is -1.41. The number of anilines is 1. The Balaban J connectivity index is 1.65. The lowest BCUT2D eigenvalue weighted by Gasteiger charge is -2.17. The van der Waals surface area contributed by atoms with Crippen LogP contribution < -0.4 is 15.0 Å². The van der Waals surface area contributed by atoms with Crippen LogP contribution in [-0.2, 0) is 20.9 Å². The van der Waals surface area contributed by atoms with E-state index >= 15 is 0 Å². The molecule has 1 fully saturated rings. The van der Waals surface area contributed by atoms with E-state index in [0.717, 1.165) is 10.2 Å². The molecule has 1 atom stereocenters. The van der Waals surface area contributed by atoms with Gasteiger partial charge < -0.3 is 19.7 Å². The molecule has 2 amide bonds. The Kier molecular flexibility index (Phi) is 6.53. The van der Waals surface area contributed by atoms with E-state index in [0.29, 0.717) is 24.3 Å². The molecule has 0 aromatic heterocycles. The van der Waals surface area contributed by atoms with Crippen LogP contribution >= 0.6 is 15.9 Å². The van der Waals surface area contributed by atoms with Gasteiger partial charge in [-0.15, -0.1) is 0 Å². The number of nitrogens with zero attached hydrogens (tertiary/aromatic N) is 1. The number of methoxy groups -OCH3 is 2. The molecule has 0 spiro atoms. The minimum atomic E-state index is -0.729. The summed E-state index contributed by atoms with van der Waals surface area (Å²) in [4.78, 5) is 38.8. The number of halogens is 1. The van der Waals surface area contributed by atoms with Gasteiger partial charge in [-0.2, -0.15) is 0 Å². The second-order valence-corrected chi connectivity index (χ2v) is 7.47. The molecule has 1 N–H and O–H groups in total. The molecule has 29 heavy (non-hydrogen) atoms. The molecular formula is C21H21BrN2O5. The van der Waals surface area contributed by atoms with Gasteiger partial charge in [0.1, 0.15) is 17.2 Å². The Morgan fingerprint density at radius 2 is 2.00 bits per heavy atom. The number of rotatable bonds is 6. The number of carbonyl (C=O) groups excluding carboxylic acids is 3. The second-order valence-electron chi connectivity index (χ2n) is 6.56. The molecule has 7 nitrogen and oxygen atoms in total. The fourth-order valence-corrected chi connectivity index (χ4v) is 3.66. The highest BCUT2D eigenvalue weighted by atomic mass is 79.9. The van der Waals surface area contributed by atoms with Crippen LogP contribution in [0.1, 0.15) is 22.3 Å². The average Bonchev–Trinajstić information content (AvgIpc) is 3.12. The zero-order valence-corrected chi connectivity index (χ0v) is 17.7. The summed E-state index contributed by atoms with van der Waals surface area (Å²) in [6.45, 7) is 0.676. The zero-order valence-electron chi connectivity index (χ0n) is 16.1. The predicted molar refractivity (Wildman–Crippen MR) is 111 cm³/mol. The molecule has 1 heterocycles. The predicted octanol–water partition coefficient (Wildman–Crippen LogP) is 2.91. The lowest BCUT2D eigenvalue weighted by atomic mass is 10.1. The normalized spacial score (nSPS) is 15.9. The van der Waals surface area contributed by atoms with Gasteiger partial charge in [-0.1, -0.05) is 28.1 Å². The molecule has 0 aliphatic carbocycles. The first-order chi connectivity index (χ1) is 13.9. The van der Waals surface area contributed by atoms with E-state index in [-0.39, 0.29) is 23.9 Å². The average molecular weight is 461 g/mol. The van der Waals surface area contributed by atoms with Gasteiger partial charge in [-0.25, -0.2) is 4.79 Å². The highest BCUT2D eigenvalue weighted by Gasteiger charge is 2.37. The van der Waals surface area contributed by atoms with Crippen molar-refractivity contribution in [2.45, 2.75) is 13.0 Å². The standard InChI is InChI=1S/C21H21BrN2O5/c1-28-18-7-6-13(10-17(18)21(27)29-2)12-23-19(25)16-8-9-24(20(16)26)15-5-3-4-14(22)11-15/h3-7,10-11,16H,8-9,12H2,1-2H3,(H,23,25). The summed E-state index contributed by atoms with van der Waals surface area (Å²) in [5, 5.41) is 2.79. The maximum absolute atomic E-state index is 12.7. The van der Waals surface area contributed by atoms with Crippen LogP contribution in [0.5, 0.6) is 5.75 Å². The summed E-state index contributed by atoms with van der Waals surface area (Å²) >= 11 is 3.40. The van der Waals surface area contributed by atoms with E-state index in [4.69, 9.17) is 9.47 Å². The molecule has 8 heteroatoms. The lowest BCUT2D eigenvalue weighted by Crippen LogP contribution is -2.36. The minimum absolute atomic E-state index is 0.188. The van der Waals surface area contributed by atoms with Crippen molar-refractivity contribution in [3.05, 3.63) is 58.1 Å². The van der Waals surface area contributed by atoms with Gasteiger partial charge in [-0.3, -0.25) is 9.59 Å². The Morgan fingerprint density at radius 1 is 1.21 bits per heavy atom. The minimum Gasteiger partial charge on any atom is -0.496 e. The van der Waals surface area contributed by atoms with Crippen molar-refractivity contribution >= 4 is 39.4 Å². The topological polar surface area (TPSA) is 84.9 Å². The number of carbonyl (C=O) groups is 3. The van der Waals surface area contributed by atoms with E-state index in [9.17, 15) is 14.4 Å². The number of amides is 2. The molecule has 1 aliphatic rings. The Morgan fingerprint density at radius 3 is 2.69 bits per heavy atom. The van der Waals surface area contributed by atoms with Gasteiger partial charge in [0.05, 0.1) is 14.2 Å².